The highest BCUT2D eigenvalue weighted by Gasteiger charge is 2.17. The van der Waals surface area contributed by atoms with Crippen LogP contribution in [0.2, 0.25) is 0 Å². The Balaban J connectivity index is 1.71. The second-order valence-corrected chi connectivity index (χ2v) is 6.45. The molecular formula is C22H23NO3. The van der Waals surface area contributed by atoms with Gasteiger partial charge in [-0.1, -0.05) is 48.0 Å². The van der Waals surface area contributed by atoms with Crippen LogP contribution in [0.15, 0.2) is 71.3 Å². The molecule has 0 saturated heterocycles. The molecule has 134 valence electrons. The van der Waals surface area contributed by atoms with Crippen LogP contribution in [0.1, 0.15) is 28.9 Å². The molecule has 1 aromatic heterocycles. The van der Waals surface area contributed by atoms with Crippen LogP contribution in [0, 0.1) is 6.92 Å². The molecule has 0 fully saturated rings. The van der Waals surface area contributed by atoms with Crippen molar-refractivity contribution in [2.24, 2.45) is 0 Å². The highest BCUT2D eigenvalue weighted by Crippen LogP contribution is 2.20. The Kier molecular flexibility index (Phi) is 5.74. The van der Waals surface area contributed by atoms with Crippen LogP contribution in [0.3, 0.4) is 0 Å². The molecule has 0 spiro atoms. The van der Waals surface area contributed by atoms with E-state index in [0.717, 1.165) is 16.9 Å². The molecule has 0 unspecified atom stereocenters. The lowest BCUT2D eigenvalue weighted by Gasteiger charge is -2.22. The molecule has 0 aliphatic carbocycles. The summed E-state index contributed by atoms with van der Waals surface area (Å²) in [6, 6.07) is 19.0. The van der Waals surface area contributed by atoms with Crippen molar-refractivity contribution in [2.45, 2.75) is 32.9 Å². The number of amides is 1. The highest BCUT2D eigenvalue weighted by molar-refractivity contribution is 5.76. The summed E-state index contributed by atoms with van der Waals surface area (Å²) in [4.78, 5) is 14.6. The zero-order valence-electron chi connectivity index (χ0n) is 14.9. The fraction of sp³-hybridized carbons (Fsp3) is 0.227. The van der Waals surface area contributed by atoms with Gasteiger partial charge in [0.1, 0.15) is 11.5 Å². The lowest BCUT2D eigenvalue weighted by Crippen LogP contribution is -2.30. The van der Waals surface area contributed by atoms with E-state index < -0.39 is 0 Å². The second kappa shape index (κ2) is 8.39. The number of para-hydroxylation sites is 1. The molecule has 4 heteroatoms. The quantitative estimate of drug-likeness (QED) is 0.685. The molecule has 1 N–H and O–H groups in total. The Morgan fingerprint density at radius 2 is 1.88 bits per heavy atom. The molecule has 0 saturated carbocycles. The number of furan rings is 1. The second-order valence-electron chi connectivity index (χ2n) is 6.45. The molecule has 2 aromatic carbocycles. The predicted molar refractivity (Wildman–Crippen MR) is 101 cm³/mol. The Hall–Kier alpha value is -3.01. The first-order valence-corrected chi connectivity index (χ1v) is 8.74. The predicted octanol–water partition coefficient (Wildman–Crippen LogP) is 4.46. The van der Waals surface area contributed by atoms with Gasteiger partial charge in [-0.15, -0.1) is 0 Å². The molecule has 0 aliphatic heterocycles. The van der Waals surface area contributed by atoms with Crippen molar-refractivity contribution < 1.29 is 14.3 Å². The van der Waals surface area contributed by atoms with Gasteiger partial charge in [-0.25, -0.2) is 0 Å². The van der Waals surface area contributed by atoms with E-state index in [9.17, 15) is 9.90 Å². The molecule has 1 amide bonds. The number of carbonyl (C=O) groups is 1. The van der Waals surface area contributed by atoms with E-state index in [4.69, 9.17) is 4.42 Å². The summed E-state index contributed by atoms with van der Waals surface area (Å²) in [5.41, 5.74) is 3.07. The number of carbonyl (C=O) groups excluding carboxylic acids is 1. The Morgan fingerprint density at radius 1 is 1.04 bits per heavy atom. The van der Waals surface area contributed by atoms with Crippen molar-refractivity contribution in [1.29, 1.82) is 0 Å². The first-order chi connectivity index (χ1) is 12.6. The number of phenols is 1. The van der Waals surface area contributed by atoms with Crippen LogP contribution in [0.25, 0.3) is 0 Å². The third kappa shape index (κ3) is 4.76. The fourth-order valence-corrected chi connectivity index (χ4v) is 2.95. The number of aromatic hydroxyl groups is 1. The molecular weight excluding hydrogens is 326 g/mol. The molecule has 4 nitrogen and oxygen atoms in total. The summed E-state index contributed by atoms with van der Waals surface area (Å²) < 4.78 is 5.40. The van der Waals surface area contributed by atoms with Gasteiger partial charge in [-0.05, 0) is 37.1 Å². The zero-order valence-corrected chi connectivity index (χ0v) is 14.9. The Labute approximate surface area is 153 Å². The van der Waals surface area contributed by atoms with Crippen LogP contribution in [-0.4, -0.2) is 15.9 Å². The number of nitrogens with zero attached hydrogens (tertiary/aromatic N) is 1. The van der Waals surface area contributed by atoms with Gasteiger partial charge in [-0.3, -0.25) is 4.79 Å². The Morgan fingerprint density at radius 3 is 2.62 bits per heavy atom. The number of hydrogen-bond acceptors (Lipinski definition) is 3. The van der Waals surface area contributed by atoms with Gasteiger partial charge < -0.3 is 14.4 Å². The smallest absolute Gasteiger partial charge is 0.223 e. The lowest BCUT2D eigenvalue weighted by molar-refractivity contribution is -0.132. The maximum absolute atomic E-state index is 12.8. The van der Waals surface area contributed by atoms with Crippen molar-refractivity contribution in [3.8, 4) is 5.75 Å². The van der Waals surface area contributed by atoms with Gasteiger partial charge in [0.25, 0.3) is 0 Å². The minimum atomic E-state index is 0.0335. The Bertz CT molecular complexity index is 855. The number of hydrogen-bond donors (Lipinski definition) is 1. The van der Waals surface area contributed by atoms with Gasteiger partial charge in [0.2, 0.25) is 5.91 Å². The van der Waals surface area contributed by atoms with E-state index in [2.05, 4.69) is 6.07 Å². The van der Waals surface area contributed by atoms with Crippen molar-refractivity contribution >= 4 is 5.91 Å². The first kappa shape index (κ1) is 17.8. The number of phenolic OH excluding ortho intramolecular Hbond substituents is 1. The summed E-state index contributed by atoms with van der Waals surface area (Å²) in [7, 11) is 0. The van der Waals surface area contributed by atoms with E-state index in [-0.39, 0.29) is 11.7 Å². The van der Waals surface area contributed by atoms with Crippen molar-refractivity contribution in [1.82, 2.24) is 4.90 Å². The molecule has 0 atom stereocenters. The topological polar surface area (TPSA) is 53.7 Å². The summed E-state index contributed by atoms with van der Waals surface area (Å²) in [6.07, 6.45) is 2.71. The average molecular weight is 349 g/mol. The van der Waals surface area contributed by atoms with Gasteiger partial charge in [-0.2, -0.15) is 0 Å². The maximum Gasteiger partial charge on any atom is 0.223 e. The summed E-state index contributed by atoms with van der Waals surface area (Å²) >= 11 is 0. The van der Waals surface area contributed by atoms with Gasteiger partial charge in [0, 0.05) is 18.5 Å². The van der Waals surface area contributed by atoms with Crippen LogP contribution in [-0.2, 0) is 24.3 Å². The summed E-state index contributed by atoms with van der Waals surface area (Å²) in [5.74, 6) is 0.957. The normalized spacial score (nSPS) is 10.7. The SMILES string of the molecule is Cc1cccc(CCC(=O)N(Cc2ccco2)Cc2ccccc2O)c1. The summed E-state index contributed by atoms with van der Waals surface area (Å²) in [5, 5.41) is 10.0. The minimum Gasteiger partial charge on any atom is -0.508 e. The molecule has 0 radical (unpaired) electrons. The monoisotopic (exact) mass is 349 g/mol. The minimum absolute atomic E-state index is 0.0335. The van der Waals surface area contributed by atoms with Gasteiger partial charge in [0.15, 0.2) is 0 Å². The van der Waals surface area contributed by atoms with E-state index in [1.807, 2.05) is 49.4 Å². The average Bonchev–Trinajstić information content (AvgIpc) is 3.14. The third-order valence-electron chi connectivity index (χ3n) is 4.34. The third-order valence-corrected chi connectivity index (χ3v) is 4.34. The van der Waals surface area contributed by atoms with Crippen molar-refractivity contribution in [2.75, 3.05) is 0 Å². The molecule has 26 heavy (non-hydrogen) atoms. The van der Waals surface area contributed by atoms with Crippen LogP contribution < -0.4 is 0 Å². The van der Waals surface area contributed by atoms with Crippen molar-refractivity contribution in [3.63, 3.8) is 0 Å². The van der Waals surface area contributed by atoms with Crippen LogP contribution in [0.4, 0.5) is 0 Å². The highest BCUT2D eigenvalue weighted by atomic mass is 16.3. The molecule has 3 aromatic rings. The van der Waals surface area contributed by atoms with E-state index in [1.165, 1.54) is 5.56 Å². The standard InChI is InChI=1S/C22H23NO3/c1-17-6-4-7-18(14-17)11-12-22(25)23(16-20-9-5-13-26-20)15-19-8-2-3-10-21(19)24/h2-10,13-14,24H,11-12,15-16H2,1H3. The number of aryl methyl sites for hydroxylation is 2. The van der Waals surface area contributed by atoms with E-state index in [1.54, 1.807) is 23.3 Å². The molecule has 0 bridgehead atoms. The molecule has 1 heterocycles. The lowest BCUT2D eigenvalue weighted by atomic mass is 10.1. The fourth-order valence-electron chi connectivity index (χ4n) is 2.95. The van der Waals surface area contributed by atoms with Crippen LogP contribution >= 0.6 is 0 Å². The van der Waals surface area contributed by atoms with E-state index >= 15 is 0 Å². The molecule has 0 aliphatic rings. The largest absolute Gasteiger partial charge is 0.508 e. The molecule has 3 rings (SSSR count). The number of rotatable bonds is 7. The zero-order chi connectivity index (χ0) is 18.4. The summed E-state index contributed by atoms with van der Waals surface area (Å²) in [6.45, 7) is 2.78. The van der Waals surface area contributed by atoms with E-state index in [0.29, 0.717) is 25.9 Å². The van der Waals surface area contributed by atoms with Crippen LogP contribution in [0.5, 0.6) is 5.75 Å². The number of benzene rings is 2. The van der Waals surface area contributed by atoms with Crippen molar-refractivity contribution in [3.05, 3.63) is 89.4 Å². The van der Waals surface area contributed by atoms with Gasteiger partial charge >= 0.3 is 0 Å². The maximum atomic E-state index is 12.8. The first-order valence-electron chi connectivity index (χ1n) is 8.74. The van der Waals surface area contributed by atoms with Gasteiger partial charge in [0.05, 0.1) is 12.8 Å².